The van der Waals surface area contributed by atoms with Crippen LogP contribution in [0.25, 0.3) is 0 Å². The Morgan fingerprint density at radius 3 is 2.40 bits per heavy atom. The second-order valence-corrected chi connectivity index (χ2v) is 7.45. The van der Waals surface area contributed by atoms with Crippen LogP contribution in [0.3, 0.4) is 0 Å². The second-order valence-electron chi connectivity index (χ2n) is 7.45. The van der Waals surface area contributed by atoms with Gasteiger partial charge in [0.05, 0.1) is 0 Å². The van der Waals surface area contributed by atoms with Crippen LogP contribution in [0.2, 0.25) is 0 Å². The first-order valence-electron chi connectivity index (χ1n) is 9.17. The number of rotatable bonds is 6. The summed E-state index contributed by atoms with van der Waals surface area (Å²) in [4.78, 5) is 2.89. The van der Waals surface area contributed by atoms with E-state index in [0.717, 1.165) is 23.8 Å². The van der Waals surface area contributed by atoms with Crippen LogP contribution in [0.4, 0.5) is 0 Å². The Balaban J connectivity index is 1.97. The van der Waals surface area contributed by atoms with Crippen molar-refractivity contribution in [3.05, 3.63) is 0 Å². The molecule has 2 rings (SSSR count). The quantitative estimate of drug-likeness (QED) is 0.793. The van der Waals surface area contributed by atoms with Gasteiger partial charge in [-0.25, -0.2) is 0 Å². The Kier molecular flexibility index (Phi) is 6.83. The molecule has 0 spiro atoms. The highest BCUT2D eigenvalue weighted by atomic mass is 15.2. The van der Waals surface area contributed by atoms with Gasteiger partial charge in [-0.3, -0.25) is 4.90 Å². The normalized spacial score (nSPS) is 29.2. The Labute approximate surface area is 126 Å². The lowest BCUT2D eigenvalue weighted by atomic mass is 9.76. The molecule has 0 aromatic rings. The van der Waals surface area contributed by atoms with E-state index in [1.807, 2.05) is 0 Å². The average Bonchev–Trinajstić information content (AvgIpc) is 2.48. The van der Waals surface area contributed by atoms with Crippen LogP contribution in [0.1, 0.15) is 65.7 Å². The maximum atomic E-state index is 3.51. The predicted molar refractivity (Wildman–Crippen MR) is 88.0 cm³/mol. The van der Waals surface area contributed by atoms with E-state index >= 15 is 0 Å². The Hall–Kier alpha value is -0.0800. The van der Waals surface area contributed by atoms with Crippen LogP contribution in [0.5, 0.6) is 0 Å². The van der Waals surface area contributed by atoms with Crippen LogP contribution in [0.15, 0.2) is 0 Å². The molecule has 2 atom stereocenters. The molecule has 118 valence electrons. The van der Waals surface area contributed by atoms with Gasteiger partial charge in [0.15, 0.2) is 0 Å². The lowest BCUT2D eigenvalue weighted by Crippen LogP contribution is -2.47. The Morgan fingerprint density at radius 1 is 1.05 bits per heavy atom. The maximum absolute atomic E-state index is 3.51. The van der Waals surface area contributed by atoms with Crippen LogP contribution in [-0.2, 0) is 0 Å². The summed E-state index contributed by atoms with van der Waals surface area (Å²) in [5, 5.41) is 3.51. The van der Waals surface area contributed by atoms with Crippen molar-refractivity contribution in [2.24, 2.45) is 17.8 Å². The topological polar surface area (TPSA) is 15.3 Å². The van der Waals surface area contributed by atoms with E-state index in [1.54, 1.807) is 0 Å². The fourth-order valence-corrected chi connectivity index (χ4v) is 4.45. The van der Waals surface area contributed by atoms with Gasteiger partial charge in [-0.05, 0) is 69.5 Å². The van der Waals surface area contributed by atoms with Gasteiger partial charge in [-0.1, -0.05) is 33.6 Å². The summed E-state index contributed by atoms with van der Waals surface area (Å²) >= 11 is 0. The zero-order valence-corrected chi connectivity index (χ0v) is 14.0. The summed E-state index contributed by atoms with van der Waals surface area (Å²) in [7, 11) is 0. The summed E-state index contributed by atoms with van der Waals surface area (Å²) in [6.07, 6.45) is 9.93. The van der Waals surface area contributed by atoms with Gasteiger partial charge in [0.1, 0.15) is 0 Å². The number of nitrogens with zero attached hydrogens (tertiary/aromatic N) is 1. The van der Waals surface area contributed by atoms with Gasteiger partial charge in [0.25, 0.3) is 0 Å². The zero-order chi connectivity index (χ0) is 14.4. The molecule has 1 heterocycles. The second kappa shape index (κ2) is 8.38. The van der Waals surface area contributed by atoms with E-state index in [-0.39, 0.29) is 0 Å². The molecule has 2 nitrogen and oxygen atoms in total. The van der Waals surface area contributed by atoms with E-state index in [9.17, 15) is 0 Å². The minimum Gasteiger partial charge on any atom is -0.317 e. The van der Waals surface area contributed by atoms with E-state index in [4.69, 9.17) is 0 Å². The molecule has 1 saturated carbocycles. The molecule has 0 radical (unpaired) electrons. The minimum atomic E-state index is 0.854. The molecule has 2 fully saturated rings. The summed E-state index contributed by atoms with van der Waals surface area (Å²) < 4.78 is 0. The maximum Gasteiger partial charge on any atom is 0.0126 e. The molecule has 1 saturated heterocycles. The fourth-order valence-electron chi connectivity index (χ4n) is 4.45. The van der Waals surface area contributed by atoms with Crippen molar-refractivity contribution >= 4 is 0 Å². The van der Waals surface area contributed by atoms with Crippen molar-refractivity contribution in [1.29, 1.82) is 0 Å². The minimum absolute atomic E-state index is 0.854. The first kappa shape index (κ1) is 16.3. The third-order valence-corrected chi connectivity index (χ3v) is 5.57. The largest absolute Gasteiger partial charge is 0.317 e. The molecule has 0 aromatic heterocycles. The smallest absolute Gasteiger partial charge is 0.0126 e. The highest BCUT2D eigenvalue weighted by molar-refractivity contribution is 4.86. The highest BCUT2D eigenvalue weighted by Gasteiger charge is 2.32. The molecule has 0 amide bonds. The molecule has 1 aliphatic heterocycles. The molecule has 0 aromatic carbocycles. The first-order chi connectivity index (χ1) is 9.72. The molecule has 2 aliphatic rings. The third kappa shape index (κ3) is 4.46. The monoisotopic (exact) mass is 280 g/mol. The van der Waals surface area contributed by atoms with E-state index in [0.29, 0.717) is 0 Å². The van der Waals surface area contributed by atoms with E-state index in [2.05, 4.69) is 31.0 Å². The first-order valence-corrected chi connectivity index (χ1v) is 9.17. The van der Waals surface area contributed by atoms with Crippen molar-refractivity contribution in [2.75, 3.05) is 26.2 Å². The van der Waals surface area contributed by atoms with Crippen molar-refractivity contribution in [2.45, 2.75) is 71.8 Å². The van der Waals surface area contributed by atoms with Crippen LogP contribution < -0.4 is 5.32 Å². The number of piperidine rings is 1. The van der Waals surface area contributed by atoms with Gasteiger partial charge in [-0.15, -0.1) is 0 Å². The molecular formula is C18H36N2. The average molecular weight is 280 g/mol. The lowest BCUT2D eigenvalue weighted by molar-refractivity contribution is 0.0606. The standard InChI is InChI=1S/C18H36N2/c1-4-13-20(14-16-9-11-19-12-10-16)18-8-6-5-7-17(18)15(2)3/h15-19H,4-14H2,1-3H3. The molecular weight excluding hydrogens is 244 g/mol. The van der Waals surface area contributed by atoms with Crippen molar-refractivity contribution < 1.29 is 0 Å². The summed E-state index contributed by atoms with van der Waals surface area (Å²) in [6, 6.07) is 0.874. The van der Waals surface area contributed by atoms with Gasteiger partial charge < -0.3 is 5.32 Å². The zero-order valence-electron chi connectivity index (χ0n) is 14.0. The lowest BCUT2D eigenvalue weighted by Gasteiger charge is -2.43. The third-order valence-electron chi connectivity index (χ3n) is 5.57. The molecule has 2 unspecified atom stereocenters. The fraction of sp³-hybridized carbons (Fsp3) is 1.00. The van der Waals surface area contributed by atoms with Gasteiger partial charge in [0, 0.05) is 12.6 Å². The molecule has 1 aliphatic carbocycles. The Bertz CT molecular complexity index is 258. The van der Waals surface area contributed by atoms with Gasteiger partial charge in [-0.2, -0.15) is 0 Å². The molecule has 0 bridgehead atoms. The van der Waals surface area contributed by atoms with Gasteiger partial charge in [0.2, 0.25) is 0 Å². The SMILES string of the molecule is CCCN(CC1CCNCC1)C1CCCCC1C(C)C. The van der Waals surface area contributed by atoms with Crippen molar-refractivity contribution in [3.63, 3.8) is 0 Å². The van der Waals surface area contributed by atoms with Gasteiger partial charge >= 0.3 is 0 Å². The summed E-state index contributed by atoms with van der Waals surface area (Å²) in [6.45, 7) is 12.4. The number of hydrogen-bond donors (Lipinski definition) is 1. The molecule has 20 heavy (non-hydrogen) atoms. The van der Waals surface area contributed by atoms with Crippen LogP contribution in [0, 0.1) is 17.8 Å². The molecule has 2 heteroatoms. The summed E-state index contributed by atoms with van der Waals surface area (Å²) in [5.41, 5.74) is 0. The Morgan fingerprint density at radius 2 is 1.75 bits per heavy atom. The highest BCUT2D eigenvalue weighted by Crippen LogP contribution is 2.34. The number of hydrogen-bond acceptors (Lipinski definition) is 2. The van der Waals surface area contributed by atoms with Crippen LogP contribution >= 0.6 is 0 Å². The van der Waals surface area contributed by atoms with Crippen LogP contribution in [-0.4, -0.2) is 37.1 Å². The molecule has 1 N–H and O–H groups in total. The van der Waals surface area contributed by atoms with Crippen molar-refractivity contribution in [3.8, 4) is 0 Å². The van der Waals surface area contributed by atoms with Crippen molar-refractivity contribution in [1.82, 2.24) is 10.2 Å². The number of nitrogens with one attached hydrogen (secondary N) is 1. The van der Waals surface area contributed by atoms with E-state index in [1.165, 1.54) is 71.1 Å². The predicted octanol–water partition coefficient (Wildman–Crippen LogP) is 3.91. The van der Waals surface area contributed by atoms with E-state index < -0.39 is 0 Å². The summed E-state index contributed by atoms with van der Waals surface area (Å²) in [5.74, 6) is 2.74.